The largest absolute Gasteiger partial charge is 0.497 e. The van der Waals surface area contributed by atoms with E-state index in [2.05, 4.69) is 5.32 Å². The molecule has 0 aliphatic carbocycles. The first kappa shape index (κ1) is 14.8. The summed E-state index contributed by atoms with van der Waals surface area (Å²) >= 11 is 3.04. The Morgan fingerprint density at radius 3 is 2.70 bits per heavy atom. The van der Waals surface area contributed by atoms with Crippen LogP contribution in [-0.4, -0.2) is 18.8 Å². The first-order valence-electron chi connectivity index (χ1n) is 6.08. The summed E-state index contributed by atoms with van der Waals surface area (Å²) in [6, 6.07) is 9.54. The van der Waals surface area contributed by atoms with Crippen molar-refractivity contribution in [1.29, 1.82) is 5.26 Å². The van der Waals surface area contributed by atoms with E-state index < -0.39 is 0 Å². The van der Waals surface area contributed by atoms with Gasteiger partial charge in [-0.05, 0) is 23.4 Å². The molecule has 1 aromatic carbocycles. The highest BCUT2D eigenvalue weighted by molar-refractivity contribution is 8.22. The Balaban J connectivity index is 2.25. The number of amides is 1. The molecule has 20 heavy (non-hydrogen) atoms. The van der Waals surface area contributed by atoms with E-state index in [1.54, 1.807) is 7.11 Å². The lowest BCUT2D eigenvalue weighted by Crippen LogP contribution is -2.31. The van der Waals surface area contributed by atoms with E-state index in [4.69, 9.17) is 10.00 Å². The molecule has 1 aliphatic heterocycles. The average molecular weight is 306 g/mol. The molecule has 0 saturated carbocycles. The van der Waals surface area contributed by atoms with Crippen LogP contribution in [0.25, 0.3) is 0 Å². The summed E-state index contributed by atoms with van der Waals surface area (Å²) in [7, 11) is 1.62. The zero-order valence-electron chi connectivity index (χ0n) is 11.2. The first-order chi connectivity index (χ1) is 9.69. The number of thioether (sulfide) groups is 2. The highest BCUT2D eigenvalue weighted by atomic mass is 32.2. The lowest BCUT2D eigenvalue weighted by molar-refractivity contribution is -0.117. The first-order valence-corrected chi connectivity index (χ1v) is 7.94. The van der Waals surface area contributed by atoms with E-state index in [0.29, 0.717) is 0 Å². The van der Waals surface area contributed by atoms with Crippen molar-refractivity contribution in [1.82, 2.24) is 5.32 Å². The minimum atomic E-state index is -0.303. The number of methoxy groups -OCH3 is 1. The Labute approximate surface area is 126 Å². The second-order valence-electron chi connectivity index (χ2n) is 3.95. The van der Waals surface area contributed by atoms with Gasteiger partial charge >= 0.3 is 0 Å². The zero-order valence-corrected chi connectivity index (χ0v) is 12.8. The molecule has 4 nitrogen and oxygen atoms in total. The van der Waals surface area contributed by atoms with Crippen LogP contribution in [-0.2, 0) is 4.79 Å². The van der Waals surface area contributed by atoms with Gasteiger partial charge in [0, 0.05) is 0 Å². The van der Waals surface area contributed by atoms with E-state index in [1.165, 1.54) is 23.5 Å². The summed E-state index contributed by atoms with van der Waals surface area (Å²) in [5.74, 6) is 1.30. The normalized spacial score (nSPS) is 18.4. The predicted octanol–water partition coefficient (Wildman–Crippen LogP) is 3.05. The third-order valence-electron chi connectivity index (χ3n) is 2.72. The average Bonchev–Trinajstić information content (AvgIpc) is 2.47. The Hall–Kier alpha value is -1.58. The number of carbonyl (C=O) groups is 1. The molecule has 2 rings (SSSR count). The SMILES string of the molecule is CCSC1=C(C#N)C(=O)N[C@@H](c2ccc(OC)cc2)S1. The standard InChI is InChI=1S/C14H14N2O2S2/c1-3-19-14-11(8-15)12(17)16-13(20-14)9-4-6-10(18-2)7-5-9/h4-7,13H,3H2,1-2H3,(H,16,17)/t13-/m1/s1. The highest BCUT2D eigenvalue weighted by Gasteiger charge is 2.28. The zero-order chi connectivity index (χ0) is 14.5. The van der Waals surface area contributed by atoms with Gasteiger partial charge in [-0.25, -0.2) is 0 Å². The summed E-state index contributed by atoms with van der Waals surface area (Å²) < 4.78 is 5.91. The summed E-state index contributed by atoms with van der Waals surface area (Å²) in [4.78, 5) is 12.0. The molecule has 1 aliphatic rings. The van der Waals surface area contributed by atoms with E-state index in [1.807, 2.05) is 37.3 Å². The summed E-state index contributed by atoms with van der Waals surface area (Å²) in [6.07, 6.45) is 0. The Morgan fingerprint density at radius 1 is 1.45 bits per heavy atom. The molecular formula is C14H14N2O2S2. The van der Waals surface area contributed by atoms with Crippen LogP contribution in [0.1, 0.15) is 17.9 Å². The number of nitrogens with one attached hydrogen (secondary N) is 1. The summed E-state index contributed by atoms with van der Waals surface area (Å²) in [6.45, 7) is 2.00. The van der Waals surface area contributed by atoms with Gasteiger partial charge in [-0.2, -0.15) is 5.26 Å². The van der Waals surface area contributed by atoms with Gasteiger partial charge in [-0.1, -0.05) is 30.8 Å². The van der Waals surface area contributed by atoms with E-state index >= 15 is 0 Å². The monoisotopic (exact) mass is 306 g/mol. The lowest BCUT2D eigenvalue weighted by Gasteiger charge is -2.25. The van der Waals surface area contributed by atoms with Crippen LogP contribution in [0.3, 0.4) is 0 Å². The van der Waals surface area contributed by atoms with Crippen molar-refractivity contribution >= 4 is 29.4 Å². The Morgan fingerprint density at radius 2 is 2.15 bits per heavy atom. The highest BCUT2D eigenvalue weighted by Crippen LogP contribution is 2.43. The Kier molecular flexibility index (Phi) is 4.99. The van der Waals surface area contributed by atoms with Gasteiger partial charge in [0.1, 0.15) is 22.8 Å². The summed E-state index contributed by atoms with van der Waals surface area (Å²) in [5.41, 5.74) is 1.20. The van der Waals surface area contributed by atoms with Crippen molar-refractivity contribution in [2.24, 2.45) is 0 Å². The molecule has 1 aromatic rings. The molecule has 0 fully saturated rings. The molecule has 1 atom stereocenters. The van der Waals surface area contributed by atoms with Crippen LogP contribution in [0.2, 0.25) is 0 Å². The van der Waals surface area contributed by atoms with Gasteiger partial charge in [-0.15, -0.1) is 11.8 Å². The van der Waals surface area contributed by atoms with Crippen molar-refractivity contribution < 1.29 is 9.53 Å². The molecule has 104 valence electrons. The number of hydrogen-bond donors (Lipinski definition) is 1. The predicted molar refractivity (Wildman–Crippen MR) is 82.2 cm³/mol. The van der Waals surface area contributed by atoms with Crippen molar-refractivity contribution in [2.75, 3.05) is 12.9 Å². The van der Waals surface area contributed by atoms with Crippen LogP contribution >= 0.6 is 23.5 Å². The molecule has 0 saturated heterocycles. The molecule has 0 aromatic heterocycles. The molecule has 1 N–H and O–H groups in total. The van der Waals surface area contributed by atoms with Gasteiger partial charge in [0.2, 0.25) is 0 Å². The van der Waals surface area contributed by atoms with Crippen molar-refractivity contribution in [2.45, 2.75) is 12.3 Å². The molecule has 0 bridgehead atoms. The number of nitrogens with zero attached hydrogens (tertiary/aromatic N) is 1. The molecule has 0 radical (unpaired) electrons. The summed E-state index contributed by atoms with van der Waals surface area (Å²) in [5, 5.41) is 11.8. The maximum absolute atomic E-state index is 12.0. The molecule has 0 spiro atoms. The second-order valence-corrected chi connectivity index (χ2v) is 6.60. The number of carbonyl (C=O) groups excluding carboxylic acids is 1. The van der Waals surface area contributed by atoms with Crippen molar-refractivity contribution in [3.05, 3.63) is 39.6 Å². The maximum atomic E-state index is 12.0. The fourth-order valence-corrected chi connectivity index (χ4v) is 4.13. The van der Waals surface area contributed by atoms with Crippen LogP contribution in [0.4, 0.5) is 0 Å². The third kappa shape index (κ3) is 3.11. The van der Waals surface area contributed by atoms with Crippen molar-refractivity contribution in [3.8, 4) is 11.8 Å². The second kappa shape index (κ2) is 6.73. The van der Waals surface area contributed by atoms with E-state index in [-0.39, 0.29) is 16.9 Å². The number of ether oxygens (including phenoxy) is 1. The van der Waals surface area contributed by atoms with Gasteiger partial charge in [0.15, 0.2) is 0 Å². The minimum absolute atomic E-state index is 0.167. The fraction of sp³-hybridized carbons (Fsp3) is 0.286. The van der Waals surface area contributed by atoms with Crippen LogP contribution in [0.15, 0.2) is 34.1 Å². The van der Waals surface area contributed by atoms with E-state index in [0.717, 1.165) is 21.3 Å². The molecule has 1 amide bonds. The van der Waals surface area contributed by atoms with Crippen LogP contribution in [0, 0.1) is 11.3 Å². The minimum Gasteiger partial charge on any atom is -0.497 e. The molecular weight excluding hydrogens is 292 g/mol. The quantitative estimate of drug-likeness (QED) is 0.926. The number of hydrogen-bond acceptors (Lipinski definition) is 5. The Bertz CT molecular complexity index is 576. The van der Waals surface area contributed by atoms with Gasteiger partial charge in [0.05, 0.1) is 11.3 Å². The fourth-order valence-electron chi connectivity index (χ4n) is 1.74. The number of benzene rings is 1. The number of rotatable bonds is 4. The van der Waals surface area contributed by atoms with Crippen LogP contribution < -0.4 is 10.1 Å². The molecule has 1 heterocycles. The molecule has 0 unspecified atom stereocenters. The lowest BCUT2D eigenvalue weighted by atomic mass is 10.2. The van der Waals surface area contributed by atoms with Crippen molar-refractivity contribution in [3.63, 3.8) is 0 Å². The number of nitriles is 1. The van der Waals surface area contributed by atoms with E-state index in [9.17, 15) is 4.79 Å². The molecule has 6 heteroatoms. The van der Waals surface area contributed by atoms with Gasteiger partial charge < -0.3 is 10.1 Å². The van der Waals surface area contributed by atoms with Crippen LogP contribution in [0.5, 0.6) is 5.75 Å². The third-order valence-corrected chi connectivity index (χ3v) is 5.17. The smallest absolute Gasteiger partial charge is 0.264 e. The van der Waals surface area contributed by atoms with Gasteiger partial charge in [0.25, 0.3) is 5.91 Å². The maximum Gasteiger partial charge on any atom is 0.264 e. The topological polar surface area (TPSA) is 62.1 Å². The van der Waals surface area contributed by atoms with Gasteiger partial charge in [-0.3, -0.25) is 4.79 Å².